The van der Waals surface area contributed by atoms with Gasteiger partial charge in [0.25, 0.3) is 5.91 Å². The largest absolute Gasteiger partial charge is 0.480 e. The van der Waals surface area contributed by atoms with Crippen molar-refractivity contribution >= 4 is 57.7 Å². The molecule has 30 heavy (non-hydrogen) atoms. The fourth-order valence-electron chi connectivity index (χ4n) is 3.75. The Morgan fingerprint density at radius 3 is 2.60 bits per heavy atom. The van der Waals surface area contributed by atoms with Crippen molar-refractivity contribution in [3.05, 3.63) is 47.0 Å². The molecule has 2 aromatic rings. The summed E-state index contributed by atoms with van der Waals surface area (Å²) >= 11 is 2.60. The van der Waals surface area contributed by atoms with Gasteiger partial charge in [0, 0.05) is 10.1 Å². The van der Waals surface area contributed by atoms with Crippen LogP contribution in [0.5, 0.6) is 0 Å². The van der Waals surface area contributed by atoms with Crippen LogP contribution >= 0.6 is 23.1 Å². The Labute approximate surface area is 181 Å². The fourth-order valence-corrected chi connectivity index (χ4v) is 5.94. The van der Waals surface area contributed by atoms with Crippen molar-refractivity contribution in [2.45, 2.75) is 36.1 Å². The highest BCUT2D eigenvalue weighted by atomic mass is 32.2. The minimum absolute atomic E-state index is 0.289. The van der Waals surface area contributed by atoms with Crippen LogP contribution in [-0.4, -0.2) is 55.0 Å². The lowest BCUT2D eigenvalue weighted by Gasteiger charge is -2.43. The molecule has 3 atom stereocenters. The van der Waals surface area contributed by atoms with Crippen molar-refractivity contribution in [2.75, 3.05) is 5.73 Å². The van der Waals surface area contributed by atoms with E-state index in [1.807, 2.05) is 30.3 Å². The standard InChI is InChI=1S/C20H20N4O4S2/c1-20(2)14(18(27)28)24-16(26)13(17(24)30-20)23-15(25)11(12-9-29-19(21)22-12)8-10-6-4-3-5-7-10/h3-9,13-14,17H,1-2H3,(H2,21,22)(H,23,25)(H,27,28)/b11-8-/t13-,14+,17-/m1/s1. The number of aromatic nitrogens is 1. The molecule has 156 valence electrons. The lowest BCUT2D eigenvalue weighted by molar-refractivity contribution is -0.160. The lowest BCUT2D eigenvalue weighted by atomic mass is 9.95. The number of rotatable bonds is 5. The smallest absolute Gasteiger partial charge is 0.327 e. The number of nitrogens with zero attached hydrogens (tertiary/aromatic N) is 2. The number of aliphatic carboxylic acids is 1. The number of nitrogens with two attached hydrogens (primary N) is 1. The van der Waals surface area contributed by atoms with E-state index in [1.54, 1.807) is 25.3 Å². The molecule has 0 saturated carbocycles. The highest BCUT2D eigenvalue weighted by Gasteiger charge is 2.64. The Hall–Kier alpha value is -2.85. The Balaban J connectivity index is 1.59. The van der Waals surface area contributed by atoms with E-state index in [2.05, 4.69) is 10.3 Å². The second-order valence-corrected chi connectivity index (χ2v) is 10.2. The van der Waals surface area contributed by atoms with Crippen LogP contribution in [0.15, 0.2) is 35.7 Å². The van der Waals surface area contributed by atoms with Crippen LogP contribution in [0, 0.1) is 0 Å². The van der Waals surface area contributed by atoms with E-state index >= 15 is 0 Å². The number of carbonyl (C=O) groups is 3. The van der Waals surface area contributed by atoms with Crippen LogP contribution < -0.4 is 11.1 Å². The van der Waals surface area contributed by atoms with Gasteiger partial charge in [-0.1, -0.05) is 30.3 Å². The summed E-state index contributed by atoms with van der Waals surface area (Å²) in [5.74, 6) is -1.90. The summed E-state index contributed by atoms with van der Waals surface area (Å²) in [6, 6.07) is 7.57. The number of thioether (sulfide) groups is 1. The molecule has 2 aliphatic heterocycles. The van der Waals surface area contributed by atoms with Gasteiger partial charge in [0.2, 0.25) is 5.91 Å². The molecule has 2 aliphatic rings. The first-order valence-corrected chi connectivity index (χ1v) is 11.0. The maximum absolute atomic E-state index is 13.1. The number of anilines is 1. The van der Waals surface area contributed by atoms with E-state index in [0.717, 1.165) is 5.56 Å². The second kappa shape index (κ2) is 7.44. The maximum Gasteiger partial charge on any atom is 0.327 e. The van der Waals surface area contributed by atoms with Gasteiger partial charge in [0.15, 0.2) is 5.13 Å². The monoisotopic (exact) mass is 444 g/mol. The fraction of sp³-hybridized carbons (Fsp3) is 0.300. The van der Waals surface area contributed by atoms with Crippen LogP contribution in [-0.2, 0) is 14.4 Å². The van der Waals surface area contributed by atoms with Gasteiger partial charge in [0.1, 0.15) is 17.5 Å². The number of amides is 2. The summed E-state index contributed by atoms with van der Waals surface area (Å²) in [6.07, 6.45) is 1.69. The third-order valence-corrected chi connectivity index (χ3v) is 7.36. The summed E-state index contributed by atoms with van der Waals surface area (Å²) < 4.78 is -0.655. The minimum atomic E-state index is -1.05. The minimum Gasteiger partial charge on any atom is -0.480 e. The molecule has 2 fully saturated rings. The molecule has 1 aromatic heterocycles. The first kappa shape index (κ1) is 20.4. The van der Waals surface area contributed by atoms with Crippen molar-refractivity contribution in [1.29, 1.82) is 0 Å². The third-order valence-electron chi connectivity index (χ3n) is 5.11. The van der Waals surface area contributed by atoms with E-state index < -0.39 is 40.0 Å². The average molecular weight is 445 g/mol. The van der Waals surface area contributed by atoms with E-state index in [1.165, 1.54) is 28.0 Å². The average Bonchev–Trinajstić information content (AvgIpc) is 3.23. The molecule has 0 spiro atoms. The summed E-state index contributed by atoms with van der Waals surface area (Å²) in [5, 5.41) is 13.9. The first-order valence-electron chi connectivity index (χ1n) is 9.21. The lowest BCUT2D eigenvalue weighted by Crippen LogP contribution is -2.70. The number of nitrogens with one attached hydrogen (secondary N) is 1. The molecule has 8 nitrogen and oxygen atoms in total. The van der Waals surface area contributed by atoms with Gasteiger partial charge in [-0.15, -0.1) is 23.1 Å². The number of fused-ring (bicyclic) bond motifs is 1. The second-order valence-electron chi connectivity index (χ2n) is 7.59. The number of carbonyl (C=O) groups excluding carboxylic acids is 2. The summed E-state index contributed by atoms with van der Waals surface area (Å²) in [4.78, 5) is 43.0. The molecule has 0 bridgehead atoms. The molecule has 3 heterocycles. The first-order chi connectivity index (χ1) is 14.2. The maximum atomic E-state index is 13.1. The van der Waals surface area contributed by atoms with Crippen molar-refractivity contribution < 1.29 is 19.5 Å². The Morgan fingerprint density at radius 1 is 1.30 bits per heavy atom. The number of carboxylic acid groups (broad SMARTS) is 1. The predicted molar refractivity (Wildman–Crippen MR) is 116 cm³/mol. The molecule has 2 saturated heterocycles. The van der Waals surface area contributed by atoms with Gasteiger partial charge < -0.3 is 21.1 Å². The van der Waals surface area contributed by atoms with Crippen molar-refractivity contribution in [2.24, 2.45) is 0 Å². The quantitative estimate of drug-likeness (QED) is 0.475. The topological polar surface area (TPSA) is 126 Å². The highest BCUT2D eigenvalue weighted by molar-refractivity contribution is 8.01. The molecule has 0 radical (unpaired) electrons. The molecule has 1 aromatic carbocycles. The van der Waals surface area contributed by atoms with Crippen molar-refractivity contribution in [3.63, 3.8) is 0 Å². The van der Waals surface area contributed by atoms with Gasteiger partial charge in [0.05, 0.1) is 11.3 Å². The zero-order valence-corrected chi connectivity index (χ0v) is 17.9. The predicted octanol–water partition coefficient (Wildman–Crippen LogP) is 1.90. The van der Waals surface area contributed by atoms with E-state index in [0.29, 0.717) is 10.8 Å². The number of thiazole rings is 1. The van der Waals surface area contributed by atoms with E-state index in [4.69, 9.17) is 5.73 Å². The van der Waals surface area contributed by atoms with E-state index in [-0.39, 0.29) is 5.57 Å². The number of nitrogen functional groups attached to an aromatic ring is 1. The highest BCUT2D eigenvalue weighted by Crippen LogP contribution is 2.50. The normalized spacial score (nSPS) is 24.9. The summed E-state index contributed by atoms with van der Waals surface area (Å²) in [5.41, 5.74) is 7.26. The van der Waals surface area contributed by atoms with Gasteiger partial charge in [-0.25, -0.2) is 9.78 Å². The SMILES string of the molecule is CC1(C)S[C@@H]2[C@H](NC(=O)/C(=C\c3ccccc3)c3csc(N)n3)C(=O)N2[C@H]1C(=O)O. The molecule has 2 amide bonds. The number of β-lactam (4-membered cyclic amide) rings is 1. The summed E-state index contributed by atoms with van der Waals surface area (Å²) in [7, 11) is 0. The molecular weight excluding hydrogens is 424 g/mol. The molecule has 0 unspecified atom stereocenters. The van der Waals surface area contributed by atoms with Crippen LogP contribution in [0.25, 0.3) is 11.6 Å². The number of benzene rings is 1. The van der Waals surface area contributed by atoms with Gasteiger partial charge in [-0.05, 0) is 25.5 Å². The molecule has 0 aliphatic carbocycles. The summed E-state index contributed by atoms with van der Waals surface area (Å²) in [6.45, 7) is 3.58. The Kier molecular flexibility index (Phi) is 5.07. The van der Waals surface area contributed by atoms with Crippen LogP contribution in [0.4, 0.5) is 5.13 Å². The van der Waals surface area contributed by atoms with Crippen LogP contribution in [0.1, 0.15) is 25.1 Å². The zero-order chi connectivity index (χ0) is 21.6. The number of carboxylic acids is 1. The Morgan fingerprint density at radius 2 is 2.00 bits per heavy atom. The third kappa shape index (κ3) is 3.46. The van der Waals surface area contributed by atoms with Crippen molar-refractivity contribution in [3.8, 4) is 0 Å². The molecule has 10 heteroatoms. The van der Waals surface area contributed by atoms with Gasteiger partial charge in [-0.3, -0.25) is 9.59 Å². The van der Waals surface area contributed by atoms with Crippen LogP contribution in [0.2, 0.25) is 0 Å². The molecule has 4 N–H and O–H groups in total. The van der Waals surface area contributed by atoms with Crippen molar-refractivity contribution in [1.82, 2.24) is 15.2 Å². The van der Waals surface area contributed by atoms with Gasteiger partial charge >= 0.3 is 5.97 Å². The molecular formula is C20H20N4O4S2. The zero-order valence-electron chi connectivity index (χ0n) is 16.2. The molecule has 4 rings (SSSR count). The van der Waals surface area contributed by atoms with E-state index in [9.17, 15) is 19.5 Å². The van der Waals surface area contributed by atoms with Crippen LogP contribution in [0.3, 0.4) is 0 Å². The Bertz CT molecular complexity index is 1050. The number of hydrogen-bond donors (Lipinski definition) is 3. The van der Waals surface area contributed by atoms with Gasteiger partial charge in [-0.2, -0.15) is 0 Å². The number of hydrogen-bond acceptors (Lipinski definition) is 7.